The number of aliphatic hydroxyl groups is 1. The van der Waals surface area contributed by atoms with Gasteiger partial charge in [-0.1, -0.05) is 294 Å². The first-order valence-electron chi connectivity index (χ1n) is 33.8. The fraction of sp³-hybridized carbons (Fsp3) is 0.640. The third-order valence-electron chi connectivity index (χ3n) is 14.2. The second-order valence-corrected chi connectivity index (χ2v) is 24.8. The van der Waals surface area contributed by atoms with Gasteiger partial charge < -0.3 is 28.8 Å². The summed E-state index contributed by atoms with van der Waals surface area (Å²) in [6.07, 6.45) is 99.3. The highest BCUT2D eigenvalue weighted by Crippen LogP contribution is 2.38. The largest absolute Gasteiger partial charge is 0.756 e. The van der Waals surface area contributed by atoms with Crippen LogP contribution in [0.1, 0.15) is 258 Å². The zero-order valence-corrected chi connectivity index (χ0v) is 55.4. The minimum absolute atomic E-state index is 0.0217. The zero-order chi connectivity index (χ0) is 61.2. The number of phosphoric acid groups is 1. The van der Waals surface area contributed by atoms with Crippen LogP contribution in [0, 0.1) is 0 Å². The van der Waals surface area contributed by atoms with Crippen molar-refractivity contribution in [2.45, 2.75) is 270 Å². The highest BCUT2D eigenvalue weighted by atomic mass is 31.2. The molecule has 0 aliphatic rings. The lowest BCUT2D eigenvalue weighted by Crippen LogP contribution is -2.45. The lowest BCUT2D eigenvalue weighted by atomic mass is 10.0. The van der Waals surface area contributed by atoms with Crippen LogP contribution in [0.25, 0.3) is 0 Å². The minimum atomic E-state index is -4.63. The van der Waals surface area contributed by atoms with Gasteiger partial charge in [0.25, 0.3) is 7.82 Å². The van der Waals surface area contributed by atoms with Gasteiger partial charge in [-0.25, -0.2) is 0 Å². The van der Waals surface area contributed by atoms with Crippen molar-refractivity contribution in [3.8, 4) is 0 Å². The molecule has 0 fully saturated rings. The van der Waals surface area contributed by atoms with Crippen LogP contribution in [-0.4, -0.2) is 68.5 Å². The van der Waals surface area contributed by atoms with Crippen molar-refractivity contribution in [2.75, 3.05) is 40.9 Å². The molecule has 0 aromatic rings. The standard InChI is InChI=1S/C75H127N2O6P/c1-6-8-10-12-14-16-18-20-22-24-26-28-30-32-33-34-35-36-37-38-39-40-41-42-43-45-47-49-51-53-55-57-59-61-63-65-67-69-75(79)76-73(72-83-84(80,81)82-71-70-77(3,4)5)74(78)68-66-64-62-60-58-56-54-52-50-48-46-44-31-29-27-25-23-21-19-17-15-13-11-9-7-2/h8,10,14,16,20,22,26,28,32-33,35-36,38-39,41-42,45,47,51,53,57-60,66,68,73-74,78H,6-7,9,11-13,15,17-19,21,23-25,27,29-31,34,37,40,43-44,46,48-50,52,54-56,61-65,67,69-72H2,1-5H3,(H-,76,79,80,81)/b10-8-,16-14-,22-20-,28-26-,33-32-,36-35-,39-38-,42-41-,47-45-,53-51-,59-57-,60-58+,68-66+. The highest BCUT2D eigenvalue weighted by molar-refractivity contribution is 7.45. The van der Waals surface area contributed by atoms with Crippen LogP contribution in [0.2, 0.25) is 0 Å². The minimum Gasteiger partial charge on any atom is -0.756 e. The van der Waals surface area contributed by atoms with E-state index in [4.69, 9.17) is 9.05 Å². The van der Waals surface area contributed by atoms with Crippen LogP contribution in [0.15, 0.2) is 158 Å². The molecule has 0 aromatic heterocycles. The number of rotatable bonds is 60. The zero-order valence-electron chi connectivity index (χ0n) is 54.5. The van der Waals surface area contributed by atoms with Gasteiger partial charge in [-0.3, -0.25) is 9.36 Å². The predicted octanol–water partition coefficient (Wildman–Crippen LogP) is 21.1. The number of quaternary nitrogens is 1. The monoisotopic (exact) mass is 1180 g/mol. The van der Waals surface area contributed by atoms with Gasteiger partial charge in [-0.05, 0) is 116 Å². The van der Waals surface area contributed by atoms with Crippen LogP contribution < -0.4 is 10.2 Å². The Balaban J connectivity index is 4.29. The van der Waals surface area contributed by atoms with Crippen LogP contribution in [0.4, 0.5) is 0 Å². The summed E-state index contributed by atoms with van der Waals surface area (Å²) >= 11 is 0. The highest BCUT2D eigenvalue weighted by Gasteiger charge is 2.23. The van der Waals surface area contributed by atoms with Crippen LogP contribution in [0.3, 0.4) is 0 Å². The Hall–Kier alpha value is -3.88. The number of hydrogen-bond acceptors (Lipinski definition) is 6. The molecule has 0 radical (unpaired) electrons. The van der Waals surface area contributed by atoms with Gasteiger partial charge in [0, 0.05) is 6.42 Å². The Bertz CT molecular complexity index is 1930. The van der Waals surface area contributed by atoms with Gasteiger partial charge in [0.15, 0.2) is 0 Å². The Kier molecular flexibility index (Phi) is 60.7. The molecule has 9 heteroatoms. The molecule has 3 unspecified atom stereocenters. The third-order valence-corrected chi connectivity index (χ3v) is 15.2. The summed E-state index contributed by atoms with van der Waals surface area (Å²) in [5.41, 5.74) is 0. The number of amides is 1. The number of nitrogens with one attached hydrogen (secondary N) is 1. The van der Waals surface area contributed by atoms with E-state index in [1.807, 2.05) is 27.2 Å². The summed E-state index contributed by atoms with van der Waals surface area (Å²) in [6, 6.07) is -0.935. The Labute approximate surface area is 518 Å². The van der Waals surface area contributed by atoms with Crippen molar-refractivity contribution in [1.29, 1.82) is 0 Å². The molecular formula is C75H127N2O6P. The van der Waals surface area contributed by atoms with Crippen LogP contribution in [0.5, 0.6) is 0 Å². The van der Waals surface area contributed by atoms with Crippen molar-refractivity contribution in [3.05, 3.63) is 158 Å². The summed E-state index contributed by atoms with van der Waals surface area (Å²) in [5, 5.41) is 13.9. The maximum absolute atomic E-state index is 13.0. The molecule has 0 spiro atoms. The molecule has 478 valence electrons. The van der Waals surface area contributed by atoms with E-state index in [0.29, 0.717) is 17.4 Å². The van der Waals surface area contributed by atoms with Crippen molar-refractivity contribution in [1.82, 2.24) is 5.32 Å². The van der Waals surface area contributed by atoms with Gasteiger partial charge in [0.2, 0.25) is 5.91 Å². The summed E-state index contributed by atoms with van der Waals surface area (Å²) in [5.74, 6) is -0.244. The number of allylic oxidation sites excluding steroid dienone is 25. The maximum atomic E-state index is 13.0. The van der Waals surface area contributed by atoms with E-state index < -0.39 is 26.6 Å². The summed E-state index contributed by atoms with van der Waals surface area (Å²) in [7, 11) is 1.20. The second-order valence-electron chi connectivity index (χ2n) is 23.4. The second kappa shape index (κ2) is 63.6. The molecule has 1 amide bonds. The van der Waals surface area contributed by atoms with Crippen LogP contribution in [-0.2, 0) is 18.4 Å². The number of nitrogens with zero attached hydrogens (tertiary/aromatic N) is 1. The summed E-state index contributed by atoms with van der Waals surface area (Å²) in [4.78, 5) is 25.6. The predicted molar refractivity (Wildman–Crippen MR) is 366 cm³/mol. The lowest BCUT2D eigenvalue weighted by Gasteiger charge is -2.29. The summed E-state index contributed by atoms with van der Waals surface area (Å²) in [6.45, 7) is 4.49. The van der Waals surface area contributed by atoms with Crippen molar-refractivity contribution in [2.24, 2.45) is 0 Å². The molecule has 0 rings (SSSR count). The first-order chi connectivity index (χ1) is 41.0. The van der Waals surface area contributed by atoms with Gasteiger partial charge in [-0.15, -0.1) is 0 Å². The molecule has 0 bridgehead atoms. The first-order valence-corrected chi connectivity index (χ1v) is 35.3. The fourth-order valence-electron chi connectivity index (χ4n) is 9.00. The van der Waals surface area contributed by atoms with E-state index in [2.05, 4.69) is 165 Å². The van der Waals surface area contributed by atoms with E-state index in [-0.39, 0.29) is 18.9 Å². The number of likely N-dealkylation sites (N-methyl/N-ethyl adjacent to an activating group) is 1. The molecule has 8 nitrogen and oxygen atoms in total. The van der Waals surface area contributed by atoms with Gasteiger partial charge in [0.1, 0.15) is 13.2 Å². The average Bonchev–Trinajstić information content (AvgIpc) is 3.56. The maximum Gasteiger partial charge on any atom is 0.268 e. The Morgan fingerprint density at radius 2 is 0.738 bits per heavy atom. The molecule has 0 heterocycles. The van der Waals surface area contributed by atoms with Crippen LogP contribution >= 0.6 is 7.82 Å². The number of carbonyl (C=O) groups is 1. The van der Waals surface area contributed by atoms with E-state index in [1.54, 1.807) is 6.08 Å². The van der Waals surface area contributed by atoms with Crippen molar-refractivity contribution in [3.63, 3.8) is 0 Å². The molecule has 0 aliphatic carbocycles. The molecule has 3 atom stereocenters. The molecule has 84 heavy (non-hydrogen) atoms. The van der Waals surface area contributed by atoms with Gasteiger partial charge in [-0.2, -0.15) is 0 Å². The topological polar surface area (TPSA) is 108 Å². The van der Waals surface area contributed by atoms with E-state index in [0.717, 1.165) is 109 Å². The number of aliphatic hydroxyl groups excluding tert-OH is 1. The number of carbonyl (C=O) groups excluding carboxylic acids is 1. The number of phosphoric ester groups is 1. The molecular weight excluding hydrogens is 1060 g/mol. The molecule has 2 N–H and O–H groups in total. The Morgan fingerprint density at radius 1 is 0.429 bits per heavy atom. The number of hydrogen-bond donors (Lipinski definition) is 2. The molecule has 0 aliphatic heterocycles. The summed E-state index contributed by atoms with van der Waals surface area (Å²) < 4.78 is 23.4. The molecule has 0 aromatic carbocycles. The molecule has 0 saturated carbocycles. The quantitative estimate of drug-likeness (QED) is 0.0272. The van der Waals surface area contributed by atoms with Crippen molar-refractivity contribution >= 4 is 13.7 Å². The van der Waals surface area contributed by atoms with E-state index in [9.17, 15) is 19.4 Å². The van der Waals surface area contributed by atoms with Crippen molar-refractivity contribution < 1.29 is 32.9 Å². The SMILES string of the molecule is CC/C=C\C/C=C\C/C=C\C/C=C\C/C=C\C/C=C\C/C=C\C/C=C\C/C=C\C/C=C\C/C=C\CCCCCC(=O)NC(COP(=O)([O-])OCC[N+](C)(C)C)C(O)/C=C/CC/C=C/CCCCCCCCCCCCCCCCCCCCC. The smallest absolute Gasteiger partial charge is 0.268 e. The van der Waals surface area contributed by atoms with Gasteiger partial charge in [0.05, 0.1) is 39.9 Å². The van der Waals surface area contributed by atoms with Gasteiger partial charge >= 0.3 is 0 Å². The number of unbranched alkanes of at least 4 members (excludes halogenated alkanes) is 23. The van der Waals surface area contributed by atoms with E-state index in [1.165, 1.54) is 122 Å². The molecule has 0 saturated heterocycles. The first kappa shape index (κ1) is 80.1. The lowest BCUT2D eigenvalue weighted by molar-refractivity contribution is -0.870. The normalized spacial score (nSPS) is 14.7. The third kappa shape index (κ3) is 65.7. The average molecular weight is 1180 g/mol. The fourth-order valence-corrected chi connectivity index (χ4v) is 9.72. The Morgan fingerprint density at radius 3 is 1.11 bits per heavy atom. The van der Waals surface area contributed by atoms with E-state index >= 15 is 0 Å².